The second kappa shape index (κ2) is 60.1. The van der Waals surface area contributed by atoms with E-state index in [1.165, 1.54) is 89.9 Å². The van der Waals surface area contributed by atoms with Gasteiger partial charge in [-0.25, -0.2) is 0 Å². The van der Waals surface area contributed by atoms with Crippen LogP contribution in [0.3, 0.4) is 0 Å². The van der Waals surface area contributed by atoms with Crippen molar-refractivity contribution < 1.29 is 28.6 Å². The van der Waals surface area contributed by atoms with Crippen LogP contribution in [0, 0.1) is 0 Å². The summed E-state index contributed by atoms with van der Waals surface area (Å²) in [6, 6.07) is 0. The molecule has 0 unspecified atom stereocenters. The Kier molecular flexibility index (Phi) is 56.4. The second-order valence-corrected chi connectivity index (χ2v) is 19.1. The third-order valence-electron chi connectivity index (χ3n) is 12.1. The number of ether oxygens (including phenoxy) is 3. The zero-order valence-corrected chi connectivity index (χ0v) is 47.1. The fourth-order valence-electron chi connectivity index (χ4n) is 7.75. The highest BCUT2D eigenvalue weighted by atomic mass is 16.6. The predicted octanol–water partition coefficient (Wildman–Crippen LogP) is 20.2. The Balaban J connectivity index is 4.55. The largest absolute Gasteiger partial charge is 0.462 e. The van der Waals surface area contributed by atoms with Crippen molar-refractivity contribution in [3.8, 4) is 0 Å². The van der Waals surface area contributed by atoms with Gasteiger partial charge in [-0.3, -0.25) is 14.4 Å². The van der Waals surface area contributed by atoms with Crippen LogP contribution in [0.4, 0.5) is 0 Å². The van der Waals surface area contributed by atoms with E-state index < -0.39 is 6.10 Å². The van der Waals surface area contributed by atoms with Gasteiger partial charge in [-0.05, 0) is 122 Å². The molecule has 0 fully saturated rings. The van der Waals surface area contributed by atoms with Crippen LogP contribution in [0.15, 0.2) is 134 Å². The van der Waals surface area contributed by atoms with Crippen molar-refractivity contribution in [1.82, 2.24) is 0 Å². The molecule has 0 heterocycles. The zero-order chi connectivity index (χ0) is 52.9. The molecule has 1 atom stereocenters. The molecule has 0 N–H and O–H groups in total. The highest BCUT2D eigenvalue weighted by Gasteiger charge is 2.19. The molecule has 6 nitrogen and oxygen atoms in total. The van der Waals surface area contributed by atoms with Gasteiger partial charge in [-0.15, -0.1) is 0 Å². The maximum atomic E-state index is 12.9. The maximum Gasteiger partial charge on any atom is 0.306 e. The molecule has 0 spiro atoms. The van der Waals surface area contributed by atoms with E-state index in [4.69, 9.17) is 14.2 Å². The van der Waals surface area contributed by atoms with Crippen molar-refractivity contribution in [1.29, 1.82) is 0 Å². The first-order valence-electron chi connectivity index (χ1n) is 29.7. The normalized spacial score (nSPS) is 13.1. The molecule has 412 valence electrons. The van der Waals surface area contributed by atoms with E-state index in [1.54, 1.807) is 0 Å². The molecule has 0 aromatic carbocycles. The summed E-state index contributed by atoms with van der Waals surface area (Å²) in [4.78, 5) is 38.2. The average molecular weight is 1010 g/mol. The molecule has 6 heteroatoms. The highest BCUT2D eigenvalue weighted by Crippen LogP contribution is 2.14. The minimum absolute atomic E-state index is 0.119. The number of carbonyl (C=O) groups is 3. The zero-order valence-electron chi connectivity index (χ0n) is 47.1. The van der Waals surface area contributed by atoms with Crippen LogP contribution in [0.2, 0.25) is 0 Å². The third-order valence-corrected chi connectivity index (χ3v) is 12.1. The number of hydrogen-bond donors (Lipinski definition) is 0. The SMILES string of the molecule is CC/C=C\C/C=C\C/C=C\C/C=C\C/C=C\C/C=C\CCC(=O)OC[C@H](COC(=O)CCCCCC/C=C\C/C=C\C/C=C\C/C=C\CC)OC(=O)CCCCCCCCCCC/C=C\CCCCCCCC. The van der Waals surface area contributed by atoms with Gasteiger partial charge in [0, 0.05) is 19.3 Å². The summed E-state index contributed by atoms with van der Waals surface area (Å²) in [6.07, 6.45) is 84.5. The summed E-state index contributed by atoms with van der Waals surface area (Å²) < 4.78 is 16.8. The van der Waals surface area contributed by atoms with Crippen molar-refractivity contribution in [2.24, 2.45) is 0 Å². The van der Waals surface area contributed by atoms with E-state index in [0.717, 1.165) is 116 Å². The number of unbranched alkanes of at least 4 members (excludes halogenated alkanes) is 19. The molecule has 0 aromatic rings. The summed E-state index contributed by atoms with van der Waals surface area (Å²) in [5.41, 5.74) is 0. The summed E-state index contributed by atoms with van der Waals surface area (Å²) in [7, 11) is 0. The molecule has 0 amide bonds. The Labute approximate surface area is 449 Å². The number of esters is 3. The number of rotatable bonds is 52. The Morgan fingerprint density at radius 2 is 0.562 bits per heavy atom. The molecule has 0 saturated carbocycles. The molecule has 0 rings (SSSR count). The highest BCUT2D eigenvalue weighted by molar-refractivity contribution is 5.71. The van der Waals surface area contributed by atoms with Crippen LogP contribution in [-0.4, -0.2) is 37.2 Å². The molecular weight excluding hydrogens is 901 g/mol. The monoisotopic (exact) mass is 1010 g/mol. The van der Waals surface area contributed by atoms with E-state index in [9.17, 15) is 14.4 Å². The molecule has 0 aliphatic carbocycles. The van der Waals surface area contributed by atoms with Crippen molar-refractivity contribution in [2.45, 2.75) is 258 Å². The van der Waals surface area contributed by atoms with Crippen molar-refractivity contribution in [3.63, 3.8) is 0 Å². The smallest absolute Gasteiger partial charge is 0.306 e. The van der Waals surface area contributed by atoms with E-state index in [0.29, 0.717) is 19.3 Å². The van der Waals surface area contributed by atoms with Gasteiger partial charge in [-0.1, -0.05) is 244 Å². The lowest BCUT2D eigenvalue weighted by Crippen LogP contribution is -2.30. The van der Waals surface area contributed by atoms with Crippen LogP contribution < -0.4 is 0 Å². The lowest BCUT2D eigenvalue weighted by atomic mass is 10.1. The first-order chi connectivity index (χ1) is 36.0. The van der Waals surface area contributed by atoms with Crippen LogP contribution >= 0.6 is 0 Å². The van der Waals surface area contributed by atoms with E-state index in [-0.39, 0.29) is 37.5 Å². The number of allylic oxidation sites excluding steroid dienone is 22. The van der Waals surface area contributed by atoms with E-state index in [2.05, 4.69) is 148 Å². The number of hydrogen-bond acceptors (Lipinski definition) is 6. The van der Waals surface area contributed by atoms with Crippen molar-refractivity contribution in [2.75, 3.05) is 13.2 Å². The quantitative estimate of drug-likeness (QED) is 0.0261. The summed E-state index contributed by atoms with van der Waals surface area (Å²) >= 11 is 0. The Morgan fingerprint density at radius 1 is 0.288 bits per heavy atom. The Bertz CT molecular complexity index is 1580. The fourth-order valence-corrected chi connectivity index (χ4v) is 7.75. The summed E-state index contributed by atoms with van der Waals surface area (Å²) in [5, 5.41) is 0. The standard InChI is InChI=1S/C67H108O6/c1-4-7-10-13-16-19-22-25-28-31-33-36-39-42-45-48-51-54-57-60-66(69)72-63-64(62-71-65(68)59-56-53-50-47-44-41-38-35-30-27-24-21-18-15-12-9-6-3)73-67(70)61-58-55-52-49-46-43-40-37-34-32-29-26-23-20-17-14-11-8-5-2/h7,9-10,12,16,18-19,21,25-30,33,36,38,41-42,45,51,54,64H,4-6,8,11,13-15,17,20,22-24,31-32,34-35,37,39-40,43-44,46-50,52-53,55-63H2,1-3H3/b10-7-,12-9-,19-16-,21-18-,28-25-,29-26-,30-27-,36-33-,41-38-,45-42-,54-51-/t64-/m0/s1. The van der Waals surface area contributed by atoms with Gasteiger partial charge in [0.05, 0.1) is 0 Å². The molecule has 0 radical (unpaired) electrons. The number of carbonyl (C=O) groups excluding carboxylic acids is 3. The molecule has 0 aliphatic heterocycles. The molecule has 0 aliphatic rings. The van der Waals surface area contributed by atoms with E-state index >= 15 is 0 Å². The van der Waals surface area contributed by atoms with Crippen LogP contribution in [0.25, 0.3) is 0 Å². The molecule has 0 saturated heterocycles. The van der Waals surface area contributed by atoms with E-state index in [1.807, 2.05) is 6.08 Å². The molecule has 0 aromatic heterocycles. The lowest BCUT2D eigenvalue weighted by molar-refractivity contribution is -0.166. The lowest BCUT2D eigenvalue weighted by Gasteiger charge is -2.18. The molecule has 0 bridgehead atoms. The first-order valence-corrected chi connectivity index (χ1v) is 29.7. The third kappa shape index (κ3) is 58.3. The van der Waals surface area contributed by atoms with Crippen molar-refractivity contribution >= 4 is 17.9 Å². The van der Waals surface area contributed by atoms with Gasteiger partial charge in [-0.2, -0.15) is 0 Å². The maximum absolute atomic E-state index is 12.9. The van der Waals surface area contributed by atoms with Gasteiger partial charge in [0.25, 0.3) is 0 Å². The fraction of sp³-hybridized carbons (Fsp3) is 0.627. The van der Waals surface area contributed by atoms with Crippen LogP contribution in [0.1, 0.15) is 252 Å². The van der Waals surface area contributed by atoms with Crippen LogP contribution in [-0.2, 0) is 28.6 Å². The van der Waals surface area contributed by atoms with Gasteiger partial charge in [0.2, 0.25) is 0 Å². The Hall–Kier alpha value is -4.45. The van der Waals surface area contributed by atoms with Gasteiger partial charge in [0.15, 0.2) is 6.10 Å². The van der Waals surface area contributed by atoms with Crippen molar-refractivity contribution in [3.05, 3.63) is 134 Å². The summed E-state index contributed by atoms with van der Waals surface area (Å²) in [5.74, 6) is -1.03. The van der Waals surface area contributed by atoms with Gasteiger partial charge >= 0.3 is 17.9 Å². The Morgan fingerprint density at radius 3 is 0.932 bits per heavy atom. The topological polar surface area (TPSA) is 78.9 Å². The summed E-state index contributed by atoms with van der Waals surface area (Å²) in [6.45, 7) is 6.32. The van der Waals surface area contributed by atoms with Gasteiger partial charge < -0.3 is 14.2 Å². The second-order valence-electron chi connectivity index (χ2n) is 19.1. The van der Waals surface area contributed by atoms with Gasteiger partial charge in [0.1, 0.15) is 13.2 Å². The first kappa shape index (κ1) is 68.6. The molecular formula is C67H108O6. The minimum Gasteiger partial charge on any atom is -0.462 e. The predicted molar refractivity (Wildman–Crippen MR) is 316 cm³/mol. The minimum atomic E-state index is -0.826. The average Bonchev–Trinajstić information content (AvgIpc) is 3.39. The molecule has 73 heavy (non-hydrogen) atoms. The van der Waals surface area contributed by atoms with Crippen LogP contribution in [0.5, 0.6) is 0 Å².